The Kier molecular flexibility index (Phi) is 8.83. The number of carboxylic acid groups (broad SMARTS) is 1. The van der Waals surface area contributed by atoms with E-state index in [4.69, 9.17) is 18.9 Å². The molecule has 2 aromatic carbocycles. The van der Waals surface area contributed by atoms with Crippen LogP contribution in [0, 0.1) is 0 Å². The van der Waals surface area contributed by atoms with Gasteiger partial charge in [-0.25, -0.2) is 4.79 Å². The first kappa shape index (κ1) is 29.5. The van der Waals surface area contributed by atoms with Crippen LogP contribution in [0.3, 0.4) is 0 Å². The number of aromatic hydroxyl groups is 1. The second-order valence-corrected chi connectivity index (χ2v) is 10.4. The lowest BCUT2D eigenvalue weighted by Crippen LogP contribution is -2.60. The van der Waals surface area contributed by atoms with Crippen LogP contribution in [0.5, 0.6) is 17.2 Å². The number of carbonyl (C=O) groups excluding carboxylic acids is 1. The summed E-state index contributed by atoms with van der Waals surface area (Å²) in [6, 6.07) is 10.2. The van der Waals surface area contributed by atoms with Crippen LogP contribution in [0.15, 0.2) is 36.4 Å². The lowest BCUT2D eigenvalue weighted by atomic mass is 9.94. The number of aliphatic hydroxyl groups is 3. The SMILES string of the molecule is COc1ccc(CC(C)(C)NC[C@H](O[C@@H]2O[C@H](C(=O)O)[C@@H](O)[C@H](O)[C@H]2O)c2cc(O)cc3c2OCC(=O)N3)cc1. The Balaban J connectivity index is 1.62. The van der Waals surface area contributed by atoms with E-state index in [9.17, 15) is 35.1 Å². The van der Waals surface area contributed by atoms with Crippen molar-refractivity contribution in [2.24, 2.45) is 0 Å². The van der Waals surface area contributed by atoms with Crippen molar-refractivity contribution in [2.45, 2.75) is 62.6 Å². The standard InChI is InChI=1S/C27H34N2O11/c1-27(2,10-13-4-6-15(37-3)7-5-13)28-11-18(16-8-14(30)9-17-23(16)38-12-19(31)29-17)39-26-22(34)20(32)21(33)24(40-26)25(35)36/h4-9,18,20-22,24,26,28,30,32-34H,10-12H2,1-3H3,(H,29,31)(H,35,36)/t18-,20-,21-,22+,24-,26+/m0/s1. The van der Waals surface area contributed by atoms with Gasteiger partial charge in [0.2, 0.25) is 0 Å². The van der Waals surface area contributed by atoms with Crippen LogP contribution in [0.25, 0.3) is 0 Å². The number of carbonyl (C=O) groups is 2. The Morgan fingerprint density at radius 3 is 2.50 bits per heavy atom. The van der Waals surface area contributed by atoms with Crippen molar-refractivity contribution in [1.29, 1.82) is 0 Å². The summed E-state index contributed by atoms with van der Waals surface area (Å²) in [4.78, 5) is 23.5. The highest BCUT2D eigenvalue weighted by molar-refractivity contribution is 5.96. The number of phenolic OH excluding ortho intramolecular Hbond substituents is 1. The monoisotopic (exact) mass is 562 g/mol. The summed E-state index contributed by atoms with van der Waals surface area (Å²) in [6.07, 6.45) is -9.56. The van der Waals surface area contributed by atoms with E-state index < -0.39 is 54.2 Å². The molecule has 0 unspecified atom stereocenters. The number of amides is 1. The molecule has 6 atom stereocenters. The summed E-state index contributed by atoms with van der Waals surface area (Å²) < 4.78 is 22.2. The van der Waals surface area contributed by atoms with Crippen molar-refractivity contribution in [1.82, 2.24) is 5.32 Å². The molecule has 0 bridgehead atoms. The molecule has 4 rings (SSSR count). The van der Waals surface area contributed by atoms with Gasteiger partial charge in [-0.3, -0.25) is 4.79 Å². The molecule has 13 nitrogen and oxygen atoms in total. The van der Waals surface area contributed by atoms with Crippen molar-refractivity contribution in [3.8, 4) is 17.2 Å². The Bertz CT molecular complexity index is 1220. The number of ether oxygens (including phenoxy) is 4. The molecule has 0 spiro atoms. The molecule has 0 saturated carbocycles. The summed E-state index contributed by atoms with van der Waals surface area (Å²) in [5.74, 6) is -1.26. The summed E-state index contributed by atoms with van der Waals surface area (Å²) in [5.41, 5.74) is 0.962. The van der Waals surface area contributed by atoms with E-state index in [1.165, 1.54) is 12.1 Å². The number of carboxylic acids is 1. The smallest absolute Gasteiger partial charge is 0.335 e. The van der Waals surface area contributed by atoms with Gasteiger partial charge in [0.1, 0.15) is 41.7 Å². The number of phenols is 1. The normalized spacial score (nSPS) is 25.4. The number of rotatable bonds is 10. The maximum absolute atomic E-state index is 11.9. The van der Waals surface area contributed by atoms with Crippen LogP contribution in [0.4, 0.5) is 5.69 Å². The van der Waals surface area contributed by atoms with Crippen LogP contribution in [0.2, 0.25) is 0 Å². The average molecular weight is 563 g/mol. The molecule has 2 aromatic rings. The fourth-order valence-corrected chi connectivity index (χ4v) is 4.70. The van der Waals surface area contributed by atoms with Gasteiger partial charge in [-0.2, -0.15) is 0 Å². The summed E-state index contributed by atoms with van der Waals surface area (Å²) in [6.45, 7) is 3.66. The molecule has 2 aliphatic heterocycles. The van der Waals surface area contributed by atoms with Crippen molar-refractivity contribution in [3.05, 3.63) is 47.5 Å². The highest BCUT2D eigenvalue weighted by Gasteiger charge is 2.48. The van der Waals surface area contributed by atoms with Gasteiger partial charge >= 0.3 is 5.97 Å². The number of methoxy groups -OCH3 is 1. The molecule has 13 heteroatoms. The molecule has 218 valence electrons. The van der Waals surface area contributed by atoms with E-state index in [-0.39, 0.29) is 35.9 Å². The lowest BCUT2D eigenvalue weighted by molar-refractivity contribution is -0.305. The minimum absolute atomic E-state index is 0.0410. The topological polar surface area (TPSA) is 196 Å². The summed E-state index contributed by atoms with van der Waals surface area (Å²) in [5, 5.41) is 56.8. The Morgan fingerprint density at radius 1 is 1.15 bits per heavy atom. The zero-order valence-electron chi connectivity index (χ0n) is 22.2. The van der Waals surface area contributed by atoms with Crippen molar-refractivity contribution < 1.29 is 54.1 Å². The Hall–Kier alpha value is -3.46. The molecule has 1 fully saturated rings. The molecule has 0 aliphatic carbocycles. The summed E-state index contributed by atoms with van der Waals surface area (Å²) in [7, 11) is 1.58. The van der Waals surface area contributed by atoms with E-state index in [1.807, 2.05) is 38.1 Å². The minimum atomic E-state index is -1.89. The van der Waals surface area contributed by atoms with Crippen LogP contribution in [-0.4, -0.2) is 93.9 Å². The van der Waals surface area contributed by atoms with Gasteiger partial charge in [-0.05, 0) is 44.0 Å². The van der Waals surface area contributed by atoms with Gasteiger partial charge in [0, 0.05) is 23.7 Å². The summed E-state index contributed by atoms with van der Waals surface area (Å²) >= 11 is 0. The molecular weight excluding hydrogens is 528 g/mol. The van der Waals surface area contributed by atoms with Gasteiger partial charge < -0.3 is 55.1 Å². The number of fused-ring (bicyclic) bond motifs is 1. The number of benzene rings is 2. The van der Waals surface area contributed by atoms with Crippen LogP contribution in [-0.2, 0) is 25.5 Å². The van der Waals surface area contributed by atoms with E-state index in [2.05, 4.69) is 10.6 Å². The zero-order valence-corrected chi connectivity index (χ0v) is 22.2. The largest absolute Gasteiger partial charge is 0.508 e. The Morgan fingerprint density at radius 2 is 1.85 bits per heavy atom. The predicted octanol–water partition coefficient (Wildman–Crippen LogP) is 0.293. The highest BCUT2D eigenvalue weighted by atomic mass is 16.7. The Labute approximate surface area is 230 Å². The number of aliphatic carboxylic acids is 1. The highest BCUT2D eigenvalue weighted by Crippen LogP contribution is 2.41. The first-order valence-corrected chi connectivity index (χ1v) is 12.6. The predicted molar refractivity (Wildman–Crippen MR) is 139 cm³/mol. The number of aliphatic hydroxyl groups excluding tert-OH is 3. The number of hydrogen-bond donors (Lipinski definition) is 7. The zero-order chi connectivity index (χ0) is 29.2. The number of nitrogens with one attached hydrogen (secondary N) is 2. The minimum Gasteiger partial charge on any atom is -0.508 e. The maximum atomic E-state index is 11.9. The van der Waals surface area contributed by atoms with Crippen LogP contribution < -0.4 is 20.1 Å². The molecule has 0 aromatic heterocycles. The molecule has 0 radical (unpaired) electrons. The maximum Gasteiger partial charge on any atom is 0.335 e. The van der Waals surface area contributed by atoms with Crippen LogP contribution >= 0.6 is 0 Å². The molecule has 7 N–H and O–H groups in total. The lowest BCUT2D eigenvalue weighted by Gasteiger charge is -2.40. The third kappa shape index (κ3) is 6.63. The molecule has 40 heavy (non-hydrogen) atoms. The van der Waals surface area contributed by atoms with Crippen LogP contribution in [0.1, 0.15) is 31.1 Å². The number of anilines is 1. The average Bonchev–Trinajstić information content (AvgIpc) is 2.90. The van der Waals surface area contributed by atoms with Gasteiger partial charge in [0.25, 0.3) is 5.91 Å². The van der Waals surface area contributed by atoms with Crippen molar-refractivity contribution in [2.75, 3.05) is 25.6 Å². The molecule has 2 heterocycles. The quantitative estimate of drug-likeness (QED) is 0.209. The second-order valence-electron chi connectivity index (χ2n) is 10.4. The fourth-order valence-electron chi connectivity index (χ4n) is 4.70. The van der Waals surface area contributed by atoms with Gasteiger partial charge in [0.05, 0.1) is 12.8 Å². The van der Waals surface area contributed by atoms with E-state index in [1.54, 1.807) is 7.11 Å². The molecular formula is C27H34N2O11. The third-order valence-corrected chi connectivity index (χ3v) is 6.75. The second kappa shape index (κ2) is 12.0. The first-order valence-electron chi connectivity index (χ1n) is 12.6. The molecule has 2 aliphatic rings. The van der Waals surface area contributed by atoms with E-state index in [0.717, 1.165) is 11.3 Å². The molecule has 1 saturated heterocycles. The van der Waals surface area contributed by atoms with Gasteiger partial charge in [-0.15, -0.1) is 0 Å². The number of hydrogen-bond acceptors (Lipinski definition) is 11. The van der Waals surface area contributed by atoms with Gasteiger partial charge in [0.15, 0.2) is 19.0 Å². The fraction of sp³-hybridized carbons (Fsp3) is 0.481. The van der Waals surface area contributed by atoms with Crippen molar-refractivity contribution in [3.63, 3.8) is 0 Å². The van der Waals surface area contributed by atoms with Gasteiger partial charge in [-0.1, -0.05) is 12.1 Å². The molecule has 1 amide bonds. The van der Waals surface area contributed by atoms with E-state index >= 15 is 0 Å². The van der Waals surface area contributed by atoms with Crippen molar-refractivity contribution >= 4 is 17.6 Å². The van der Waals surface area contributed by atoms with E-state index in [0.29, 0.717) is 6.42 Å². The third-order valence-electron chi connectivity index (χ3n) is 6.75. The first-order chi connectivity index (χ1) is 18.9.